The number of benzene rings is 1. The summed E-state index contributed by atoms with van der Waals surface area (Å²) in [5.74, 6) is -1.13. The number of nitrogens with zero attached hydrogens (tertiary/aromatic N) is 1. The average molecular weight is 369 g/mol. The van der Waals surface area contributed by atoms with Gasteiger partial charge in [0.15, 0.2) is 16.4 Å². The third-order valence-corrected chi connectivity index (χ3v) is 6.13. The Balaban J connectivity index is 2.18. The first kappa shape index (κ1) is 19.2. The van der Waals surface area contributed by atoms with E-state index in [0.717, 1.165) is 12.8 Å². The lowest BCUT2D eigenvalue weighted by atomic mass is 9.93. The highest BCUT2D eigenvalue weighted by molar-refractivity contribution is 7.91. The maximum absolute atomic E-state index is 12.8. The van der Waals surface area contributed by atoms with Gasteiger partial charge < -0.3 is 14.7 Å². The smallest absolute Gasteiger partial charge is 0.341 e. The number of rotatable bonds is 6. The minimum absolute atomic E-state index is 0.282. The van der Waals surface area contributed by atoms with Gasteiger partial charge in [0.2, 0.25) is 0 Å². The molecule has 0 radical (unpaired) electrons. The zero-order valence-electron chi connectivity index (χ0n) is 14.3. The summed E-state index contributed by atoms with van der Waals surface area (Å²) in [5, 5.41) is 8.11. The fraction of sp³-hybridized carbons (Fsp3) is 0.529. The molecule has 25 heavy (non-hydrogen) atoms. The molecule has 0 saturated heterocycles. The van der Waals surface area contributed by atoms with Gasteiger partial charge in [0, 0.05) is 24.9 Å². The van der Waals surface area contributed by atoms with E-state index in [0.29, 0.717) is 18.4 Å². The Bertz CT molecular complexity index is 745. The van der Waals surface area contributed by atoms with Crippen LogP contribution in [0.1, 0.15) is 36.0 Å². The molecule has 0 bridgehead atoms. The molecule has 7 nitrogen and oxygen atoms in total. The van der Waals surface area contributed by atoms with Gasteiger partial charge in [0.05, 0.1) is 5.25 Å². The van der Waals surface area contributed by atoms with Crippen LogP contribution in [0.3, 0.4) is 0 Å². The highest BCUT2D eigenvalue weighted by Crippen LogP contribution is 2.28. The Morgan fingerprint density at radius 2 is 1.96 bits per heavy atom. The third-order valence-electron chi connectivity index (χ3n) is 4.48. The number of carbonyl (C=O) groups excluding carboxylic acids is 1. The summed E-state index contributed by atoms with van der Waals surface area (Å²) in [5.41, 5.74) is 0.336. The van der Waals surface area contributed by atoms with Crippen molar-refractivity contribution in [2.75, 3.05) is 19.9 Å². The molecule has 0 spiro atoms. The molecule has 1 aromatic carbocycles. The van der Waals surface area contributed by atoms with Crippen LogP contribution in [0.4, 0.5) is 0 Å². The van der Waals surface area contributed by atoms with E-state index in [2.05, 4.69) is 0 Å². The molecule has 1 aromatic rings. The Morgan fingerprint density at radius 1 is 1.28 bits per heavy atom. The normalized spacial score (nSPS) is 20.7. The standard InChI is InChI=1S/C17H23NO6S/c1-18(14-8-3-4-9-15(14)25(2,22)23)17(21)12-6-5-7-13(10-12)24-11-16(19)20/h5-7,10,14-15H,3-4,8-9,11H2,1-2H3,(H,19,20). The Kier molecular flexibility index (Phi) is 6.05. The molecule has 0 heterocycles. The molecule has 1 N–H and O–H groups in total. The van der Waals surface area contributed by atoms with E-state index < -0.39 is 27.7 Å². The van der Waals surface area contributed by atoms with Crippen molar-refractivity contribution >= 4 is 21.7 Å². The number of hydrogen-bond donors (Lipinski definition) is 1. The summed E-state index contributed by atoms with van der Waals surface area (Å²) in [6, 6.07) is 5.89. The van der Waals surface area contributed by atoms with E-state index >= 15 is 0 Å². The van der Waals surface area contributed by atoms with Crippen molar-refractivity contribution in [3.63, 3.8) is 0 Å². The van der Waals surface area contributed by atoms with Gasteiger partial charge in [-0.15, -0.1) is 0 Å². The highest BCUT2D eigenvalue weighted by atomic mass is 32.2. The minimum atomic E-state index is -3.25. The van der Waals surface area contributed by atoms with E-state index in [4.69, 9.17) is 9.84 Å². The van der Waals surface area contributed by atoms with E-state index in [1.165, 1.54) is 17.2 Å². The predicted molar refractivity (Wildman–Crippen MR) is 92.6 cm³/mol. The zero-order valence-corrected chi connectivity index (χ0v) is 15.2. The monoisotopic (exact) mass is 369 g/mol. The van der Waals surface area contributed by atoms with Crippen LogP contribution < -0.4 is 4.74 Å². The van der Waals surface area contributed by atoms with Gasteiger partial charge in [-0.25, -0.2) is 13.2 Å². The topological polar surface area (TPSA) is 101 Å². The average Bonchev–Trinajstić information content (AvgIpc) is 2.58. The van der Waals surface area contributed by atoms with Crippen molar-refractivity contribution < 1.29 is 27.9 Å². The molecule has 2 rings (SSSR count). The summed E-state index contributed by atoms with van der Waals surface area (Å²) in [7, 11) is -1.63. The van der Waals surface area contributed by atoms with Gasteiger partial charge >= 0.3 is 5.97 Å². The number of carboxylic acid groups (broad SMARTS) is 1. The molecular weight excluding hydrogens is 346 g/mol. The van der Waals surface area contributed by atoms with Crippen molar-refractivity contribution in [3.8, 4) is 5.75 Å². The van der Waals surface area contributed by atoms with Crippen molar-refractivity contribution in [1.82, 2.24) is 4.90 Å². The van der Waals surface area contributed by atoms with Crippen LogP contribution in [0.25, 0.3) is 0 Å². The lowest BCUT2D eigenvalue weighted by molar-refractivity contribution is -0.139. The lowest BCUT2D eigenvalue weighted by Gasteiger charge is -2.37. The van der Waals surface area contributed by atoms with Gasteiger partial charge in [-0.2, -0.15) is 0 Å². The molecule has 1 amide bonds. The van der Waals surface area contributed by atoms with Crippen molar-refractivity contribution in [3.05, 3.63) is 29.8 Å². The molecule has 0 aliphatic heterocycles. The molecule has 1 fully saturated rings. The van der Waals surface area contributed by atoms with Crippen LogP contribution in [-0.2, 0) is 14.6 Å². The Morgan fingerprint density at radius 3 is 2.60 bits per heavy atom. The summed E-state index contributed by atoms with van der Waals surface area (Å²) in [6.07, 6.45) is 4.15. The van der Waals surface area contributed by atoms with E-state index in [1.807, 2.05) is 0 Å². The summed E-state index contributed by atoms with van der Waals surface area (Å²) >= 11 is 0. The van der Waals surface area contributed by atoms with Crippen molar-refractivity contribution in [1.29, 1.82) is 0 Å². The van der Waals surface area contributed by atoms with Crippen molar-refractivity contribution in [2.24, 2.45) is 0 Å². The van der Waals surface area contributed by atoms with Crippen LogP contribution in [0.2, 0.25) is 0 Å². The number of aliphatic carboxylic acids is 1. The van der Waals surface area contributed by atoms with E-state index in [9.17, 15) is 18.0 Å². The largest absolute Gasteiger partial charge is 0.482 e. The quantitative estimate of drug-likeness (QED) is 0.817. The van der Waals surface area contributed by atoms with Crippen LogP contribution in [0.5, 0.6) is 5.75 Å². The second-order valence-corrected chi connectivity index (χ2v) is 8.61. The van der Waals surface area contributed by atoms with Crippen molar-refractivity contribution in [2.45, 2.75) is 37.0 Å². The Labute approximate surface area is 147 Å². The molecule has 2 atom stereocenters. The molecule has 1 aliphatic rings. The number of carbonyl (C=O) groups is 2. The molecule has 2 unspecified atom stereocenters. The van der Waals surface area contributed by atoms with Crippen LogP contribution in [-0.4, -0.2) is 61.5 Å². The molecule has 138 valence electrons. The first-order valence-corrected chi connectivity index (χ1v) is 10.1. The first-order chi connectivity index (χ1) is 11.7. The fourth-order valence-corrected chi connectivity index (χ4v) is 4.72. The first-order valence-electron chi connectivity index (χ1n) is 8.11. The van der Waals surface area contributed by atoms with E-state index in [-0.39, 0.29) is 17.7 Å². The van der Waals surface area contributed by atoms with Gasteiger partial charge in [-0.1, -0.05) is 18.9 Å². The van der Waals surface area contributed by atoms with Gasteiger partial charge in [-0.05, 0) is 31.0 Å². The SMILES string of the molecule is CN(C(=O)c1cccc(OCC(=O)O)c1)C1CCCCC1S(C)(=O)=O. The highest BCUT2D eigenvalue weighted by Gasteiger charge is 2.37. The van der Waals surface area contributed by atoms with E-state index in [1.54, 1.807) is 25.2 Å². The maximum Gasteiger partial charge on any atom is 0.341 e. The maximum atomic E-state index is 12.8. The second kappa shape index (κ2) is 7.86. The molecule has 8 heteroatoms. The lowest BCUT2D eigenvalue weighted by Crippen LogP contribution is -2.49. The summed E-state index contributed by atoms with van der Waals surface area (Å²) in [4.78, 5) is 24.8. The second-order valence-electron chi connectivity index (χ2n) is 6.35. The summed E-state index contributed by atoms with van der Waals surface area (Å²) < 4.78 is 29.2. The zero-order chi connectivity index (χ0) is 18.6. The third kappa shape index (κ3) is 4.94. The molecule has 0 aromatic heterocycles. The number of carboxylic acids is 1. The molecule has 1 aliphatic carbocycles. The predicted octanol–water partition coefficient (Wildman–Crippen LogP) is 1.58. The van der Waals surface area contributed by atoms with Crippen LogP contribution >= 0.6 is 0 Å². The van der Waals surface area contributed by atoms with Gasteiger partial charge in [0.1, 0.15) is 5.75 Å². The molecule has 1 saturated carbocycles. The van der Waals surface area contributed by atoms with Gasteiger partial charge in [-0.3, -0.25) is 4.79 Å². The summed E-state index contributed by atoms with van der Waals surface area (Å²) in [6.45, 7) is -0.494. The molecular formula is C17H23NO6S. The number of hydrogen-bond acceptors (Lipinski definition) is 5. The number of ether oxygens (including phenoxy) is 1. The van der Waals surface area contributed by atoms with Gasteiger partial charge in [0.25, 0.3) is 5.91 Å². The number of sulfone groups is 1. The van der Waals surface area contributed by atoms with Crippen LogP contribution in [0.15, 0.2) is 24.3 Å². The van der Waals surface area contributed by atoms with Crippen LogP contribution in [0, 0.1) is 0 Å². The minimum Gasteiger partial charge on any atom is -0.482 e. The number of amides is 1. The fourth-order valence-electron chi connectivity index (χ4n) is 3.24. The Hall–Kier alpha value is -2.09.